The molecular weight excluding hydrogens is 392 g/mol. The zero-order valence-electron chi connectivity index (χ0n) is 15.0. The van der Waals surface area contributed by atoms with E-state index < -0.39 is 0 Å². The molecule has 0 unspecified atom stereocenters. The van der Waals surface area contributed by atoms with Gasteiger partial charge in [-0.1, -0.05) is 41.9 Å². The fourth-order valence-electron chi connectivity index (χ4n) is 2.50. The molecule has 0 spiro atoms. The Morgan fingerprint density at radius 2 is 1.61 bits per heavy atom. The first-order valence-electron chi connectivity index (χ1n) is 8.75. The Hall–Kier alpha value is -2.89. The average Bonchev–Trinajstić information content (AvgIpc) is 2.70. The van der Waals surface area contributed by atoms with Crippen LogP contribution in [0.5, 0.6) is 5.75 Å². The average molecular weight is 411 g/mol. The molecule has 6 heteroatoms. The van der Waals surface area contributed by atoms with Crippen LogP contribution in [-0.2, 0) is 6.42 Å². The van der Waals surface area contributed by atoms with Gasteiger partial charge in [-0.25, -0.2) is 0 Å². The van der Waals surface area contributed by atoms with Gasteiger partial charge in [0.2, 0.25) is 0 Å². The standard InChI is InChI=1S/C22H19ClN2O2S/c23-18-8-6-17(7-9-18)21(26)25-22(28)24-19-10-12-20(13-11-19)27-15-14-16-4-2-1-3-5-16/h1-13H,14-15H2,(H2,24,25,26,28). The second kappa shape index (κ2) is 9.88. The van der Waals surface area contributed by atoms with Gasteiger partial charge in [0.15, 0.2) is 5.11 Å². The maximum Gasteiger partial charge on any atom is 0.257 e. The maximum atomic E-state index is 12.1. The van der Waals surface area contributed by atoms with E-state index in [0.717, 1.165) is 17.9 Å². The van der Waals surface area contributed by atoms with Crippen molar-refractivity contribution >= 4 is 40.5 Å². The Kier molecular flexibility index (Phi) is 7.00. The lowest BCUT2D eigenvalue weighted by molar-refractivity contribution is 0.0977. The predicted octanol–water partition coefficient (Wildman–Crippen LogP) is 5.09. The maximum absolute atomic E-state index is 12.1. The molecular formula is C22H19ClN2O2S. The van der Waals surface area contributed by atoms with Gasteiger partial charge in [-0.3, -0.25) is 10.1 Å². The quantitative estimate of drug-likeness (QED) is 0.556. The summed E-state index contributed by atoms with van der Waals surface area (Å²) in [6.07, 6.45) is 0.849. The summed E-state index contributed by atoms with van der Waals surface area (Å²) < 4.78 is 5.76. The van der Waals surface area contributed by atoms with Crippen LogP contribution < -0.4 is 15.4 Å². The van der Waals surface area contributed by atoms with Gasteiger partial charge in [0.05, 0.1) is 6.61 Å². The van der Waals surface area contributed by atoms with Crippen LogP contribution in [0.25, 0.3) is 0 Å². The van der Waals surface area contributed by atoms with Gasteiger partial charge >= 0.3 is 0 Å². The number of hydrogen-bond donors (Lipinski definition) is 2. The van der Waals surface area contributed by atoms with E-state index in [-0.39, 0.29) is 11.0 Å². The number of halogens is 1. The number of carbonyl (C=O) groups is 1. The number of carbonyl (C=O) groups excluding carboxylic acids is 1. The largest absolute Gasteiger partial charge is 0.493 e. The highest BCUT2D eigenvalue weighted by molar-refractivity contribution is 7.80. The SMILES string of the molecule is O=C(NC(=S)Nc1ccc(OCCc2ccccc2)cc1)c1ccc(Cl)cc1. The summed E-state index contributed by atoms with van der Waals surface area (Å²) in [5.41, 5.74) is 2.48. The molecule has 0 aliphatic heterocycles. The van der Waals surface area contributed by atoms with Crippen molar-refractivity contribution in [2.45, 2.75) is 6.42 Å². The van der Waals surface area contributed by atoms with Crippen molar-refractivity contribution < 1.29 is 9.53 Å². The van der Waals surface area contributed by atoms with Crippen molar-refractivity contribution in [2.75, 3.05) is 11.9 Å². The van der Waals surface area contributed by atoms with E-state index >= 15 is 0 Å². The summed E-state index contributed by atoms with van der Waals surface area (Å²) in [6.45, 7) is 0.604. The monoisotopic (exact) mass is 410 g/mol. The first-order valence-corrected chi connectivity index (χ1v) is 9.53. The zero-order chi connectivity index (χ0) is 19.8. The van der Waals surface area contributed by atoms with Crippen LogP contribution in [0.15, 0.2) is 78.9 Å². The Balaban J connectivity index is 1.46. The van der Waals surface area contributed by atoms with E-state index in [1.807, 2.05) is 42.5 Å². The number of ether oxygens (including phenoxy) is 1. The van der Waals surface area contributed by atoms with E-state index in [0.29, 0.717) is 17.2 Å². The smallest absolute Gasteiger partial charge is 0.257 e. The molecule has 0 aliphatic carbocycles. The Morgan fingerprint density at radius 3 is 2.29 bits per heavy atom. The van der Waals surface area contributed by atoms with Crippen molar-refractivity contribution in [3.8, 4) is 5.75 Å². The lowest BCUT2D eigenvalue weighted by Gasteiger charge is -2.11. The molecule has 4 nitrogen and oxygen atoms in total. The predicted molar refractivity (Wildman–Crippen MR) is 117 cm³/mol. The molecule has 0 saturated carbocycles. The number of thiocarbonyl (C=S) groups is 1. The van der Waals surface area contributed by atoms with Gasteiger partial charge < -0.3 is 10.1 Å². The normalized spacial score (nSPS) is 10.2. The van der Waals surface area contributed by atoms with Gasteiger partial charge in [0.1, 0.15) is 5.75 Å². The Labute approximate surface area is 174 Å². The van der Waals surface area contributed by atoms with Crippen LogP contribution in [0.2, 0.25) is 5.02 Å². The fourth-order valence-corrected chi connectivity index (χ4v) is 2.84. The van der Waals surface area contributed by atoms with E-state index in [9.17, 15) is 4.79 Å². The van der Waals surface area contributed by atoms with Crippen molar-refractivity contribution in [3.05, 3.63) is 95.0 Å². The molecule has 0 radical (unpaired) electrons. The summed E-state index contributed by atoms with van der Waals surface area (Å²) in [5.74, 6) is 0.479. The number of rotatable bonds is 6. The molecule has 3 rings (SSSR count). The molecule has 2 N–H and O–H groups in total. The summed E-state index contributed by atoms with van der Waals surface area (Å²) in [6, 6.07) is 24.2. The van der Waals surface area contributed by atoms with Crippen molar-refractivity contribution in [3.63, 3.8) is 0 Å². The minimum absolute atomic E-state index is 0.220. The minimum atomic E-state index is -0.296. The van der Waals surface area contributed by atoms with E-state index in [1.54, 1.807) is 24.3 Å². The van der Waals surface area contributed by atoms with Crippen molar-refractivity contribution in [1.82, 2.24) is 5.32 Å². The molecule has 0 heterocycles. The Morgan fingerprint density at radius 1 is 0.929 bits per heavy atom. The molecule has 0 atom stereocenters. The molecule has 142 valence electrons. The summed E-state index contributed by atoms with van der Waals surface area (Å²) in [4.78, 5) is 12.1. The molecule has 28 heavy (non-hydrogen) atoms. The van der Waals surface area contributed by atoms with Gasteiger partial charge in [0, 0.05) is 22.7 Å². The number of hydrogen-bond acceptors (Lipinski definition) is 3. The highest BCUT2D eigenvalue weighted by atomic mass is 35.5. The molecule has 3 aromatic carbocycles. The second-order valence-corrected chi connectivity index (χ2v) is 6.87. The van der Waals surface area contributed by atoms with Crippen LogP contribution >= 0.6 is 23.8 Å². The van der Waals surface area contributed by atoms with Crippen LogP contribution in [0.1, 0.15) is 15.9 Å². The van der Waals surface area contributed by atoms with Crippen molar-refractivity contribution in [2.24, 2.45) is 0 Å². The van der Waals surface area contributed by atoms with Crippen LogP contribution in [0, 0.1) is 0 Å². The summed E-state index contributed by atoms with van der Waals surface area (Å²) in [7, 11) is 0. The van der Waals surface area contributed by atoms with E-state index in [2.05, 4.69) is 22.8 Å². The van der Waals surface area contributed by atoms with Gasteiger partial charge in [-0.15, -0.1) is 0 Å². The van der Waals surface area contributed by atoms with Crippen molar-refractivity contribution in [1.29, 1.82) is 0 Å². The summed E-state index contributed by atoms with van der Waals surface area (Å²) >= 11 is 11.0. The van der Waals surface area contributed by atoms with Crippen LogP contribution in [0.4, 0.5) is 5.69 Å². The highest BCUT2D eigenvalue weighted by Crippen LogP contribution is 2.16. The summed E-state index contributed by atoms with van der Waals surface area (Å²) in [5, 5.41) is 6.41. The van der Waals surface area contributed by atoms with Gasteiger partial charge in [0.25, 0.3) is 5.91 Å². The third-order valence-electron chi connectivity index (χ3n) is 3.95. The molecule has 0 saturated heterocycles. The first kappa shape index (κ1) is 19.9. The number of anilines is 1. The zero-order valence-corrected chi connectivity index (χ0v) is 16.6. The minimum Gasteiger partial charge on any atom is -0.493 e. The lowest BCUT2D eigenvalue weighted by Crippen LogP contribution is -2.34. The molecule has 3 aromatic rings. The van der Waals surface area contributed by atoms with E-state index in [4.69, 9.17) is 28.6 Å². The number of nitrogens with one attached hydrogen (secondary N) is 2. The second-order valence-electron chi connectivity index (χ2n) is 6.02. The fraction of sp³-hybridized carbons (Fsp3) is 0.0909. The van der Waals surface area contributed by atoms with Gasteiger partial charge in [-0.05, 0) is 66.3 Å². The highest BCUT2D eigenvalue weighted by Gasteiger charge is 2.08. The topological polar surface area (TPSA) is 50.4 Å². The van der Waals surface area contributed by atoms with Crippen LogP contribution in [-0.4, -0.2) is 17.6 Å². The van der Waals surface area contributed by atoms with E-state index in [1.165, 1.54) is 5.56 Å². The third-order valence-corrected chi connectivity index (χ3v) is 4.40. The number of amides is 1. The Bertz CT molecular complexity index is 929. The first-order chi connectivity index (χ1) is 13.6. The lowest BCUT2D eigenvalue weighted by atomic mass is 10.2. The molecule has 0 bridgehead atoms. The van der Waals surface area contributed by atoms with Crippen LogP contribution in [0.3, 0.4) is 0 Å². The molecule has 0 aromatic heterocycles. The number of benzene rings is 3. The molecule has 1 amide bonds. The van der Waals surface area contributed by atoms with Gasteiger partial charge in [-0.2, -0.15) is 0 Å². The third kappa shape index (κ3) is 6.08. The molecule has 0 fully saturated rings. The molecule has 0 aliphatic rings.